The molecule has 0 saturated carbocycles. The number of hydrogen-bond acceptors (Lipinski definition) is 5. The summed E-state index contributed by atoms with van der Waals surface area (Å²) in [7, 11) is 0. The van der Waals surface area contributed by atoms with E-state index in [1.807, 2.05) is 0 Å². The third-order valence-electron chi connectivity index (χ3n) is 2.47. The third-order valence-corrected chi connectivity index (χ3v) is 2.47. The maximum atomic E-state index is 11.6. The maximum absolute atomic E-state index is 11.6. The highest BCUT2D eigenvalue weighted by molar-refractivity contribution is 5.88. The van der Waals surface area contributed by atoms with Crippen LogP contribution in [0.1, 0.15) is 49.3 Å². The van der Waals surface area contributed by atoms with Crippen molar-refractivity contribution < 1.29 is 9.53 Å². The zero-order valence-electron chi connectivity index (χ0n) is 10.5. The quantitative estimate of drug-likeness (QED) is 0.570. The number of nitrogens with zero attached hydrogens (tertiary/aromatic N) is 3. The molecule has 0 aliphatic carbocycles. The largest absolute Gasteiger partial charge is 0.461 e. The van der Waals surface area contributed by atoms with E-state index in [9.17, 15) is 4.79 Å². The number of rotatable bonds is 7. The molecule has 0 atom stereocenters. The highest BCUT2D eigenvalue weighted by atomic mass is 16.5. The summed E-state index contributed by atoms with van der Waals surface area (Å²) in [5, 5.41) is 7.79. The summed E-state index contributed by atoms with van der Waals surface area (Å²) in [4.78, 5) is 11.6. The second-order valence-corrected chi connectivity index (χ2v) is 3.74. The van der Waals surface area contributed by atoms with Gasteiger partial charge in [0.05, 0.1) is 12.3 Å². The minimum atomic E-state index is -0.449. The Morgan fingerprint density at radius 3 is 2.76 bits per heavy atom. The summed E-state index contributed by atoms with van der Waals surface area (Å²) >= 11 is 0. The molecule has 0 radical (unpaired) electrons. The summed E-state index contributed by atoms with van der Waals surface area (Å²) in [6.45, 7) is 5.20. The van der Waals surface area contributed by atoms with Gasteiger partial charge in [-0.3, -0.25) is 0 Å². The highest BCUT2D eigenvalue weighted by Crippen LogP contribution is 2.08. The molecule has 6 heteroatoms. The van der Waals surface area contributed by atoms with Gasteiger partial charge in [-0.15, -0.1) is 5.10 Å². The summed E-state index contributed by atoms with van der Waals surface area (Å²) in [6, 6.07) is 0. The van der Waals surface area contributed by atoms with Crippen molar-refractivity contribution in [1.29, 1.82) is 0 Å². The lowest BCUT2D eigenvalue weighted by atomic mass is 10.2. The maximum Gasteiger partial charge on any atom is 0.360 e. The van der Waals surface area contributed by atoms with Crippen molar-refractivity contribution in [3.8, 4) is 0 Å². The molecule has 0 fully saturated rings. The molecule has 1 rings (SSSR count). The fourth-order valence-corrected chi connectivity index (χ4v) is 1.58. The van der Waals surface area contributed by atoms with Gasteiger partial charge in [0.1, 0.15) is 0 Å². The summed E-state index contributed by atoms with van der Waals surface area (Å²) in [5.74, 6) is -0.449. The monoisotopic (exact) mass is 240 g/mol. The van der Waals surface area contributed by atoms with E-state index >= 15 is 0 Å². The van der Waals surface area contributed by atoms with E-state index < -0.39 is 5.97 Å². The molecule has 17 heavy (non-hydrogen) atoms. The van der Waals surface area contributed by atoms with Crippen LogP contribution in [0.25, 0.3) is 0 Å². The number of aromatic nitrogens is 3. The van der Waals surface area contributed by atoms with E-state index in [0.29, 0.717) is 12.3 Å². The first-order valence-corrected chi connectivity index (χ1v) is 6.04. The Balaban J connectivity index is 2.76. The minimum Gasteiger partial charge on any atom is -0.461 e. The van der Waals surface area contributed by atoms with Gasteiger partial charge in [0.15, 0.2) is 5.69 Å². The molecule has 6 nitrogen and oxygen atoms in total. The van der Waals surface area contributed by atoms with Gasteiger partial charge < -0.3 is 10.5 Å². The molecule has 1 aromatic heterocycles. The van der Waals surface area contributed by atoms with Crippen molar-refractivity contribution in [3.05, 3.63) is 11.4 Å². The SMILES string of the molecule is CCCCCn1nnc(C(=O)OCC)c1CN. The average Bonchev–Trinajstić information content (AvgIpc) is 2.73. The van der Waals surface area contributed by atoms with Gasteiger partial charge in [-0.2, -0.15) is 0 Å². The predicted molar refractivity (Wildman–Crippen MR) is 63.4 cm³/mol. The van der Waals surface area contributed by atoms with Gasteiger partial charge in [0.2, 0.25) is 0 Å². The number of unbranched alkanes of at least 4 members (excludes halogenated alkanes) is 2. The molecule has 0 unspecified atom stereocenters. The predicted octanol–water partition coefficient (Wildman–Crippen LogP) is 1.10. The van der Waals surface area contributed by atoms with Gasteiger partial charge >= 0.3 is 5.97 Å². The van der Waals surface area contributed by atoms with E-state index in [2.05, 4.69) is 17.2 Å². The topological polar surface area (TPSA) is 83.0 Å². The van der Waals surface area contributed by atoms with Gasteiger partial charge in [0, 0.05) is 13.1 Å². The number of ether oxygens (including phenoxy) is 1. The first-order chi connectivity index (χ1) is 8.24. The van der Waals surface area contributed by atoms with Crippen LogP contribution in [0.2, 0.25) is 0 Å². The molecule has 96 valence electrons. The Morgan fingerprint density at radius 2 is 2.18 bits per heavy atom. The Morgan fingerprint density at radius 1 is 1.41 bits per heavy atom. The molecule has 2 N–H and O–H groups in total. The van der Waals surface area contributed by atoms with Crippen molar-refractivity contribution in [2.24, 2.45) is 5.73 Å². The molecule has 0 saturated heterocycles. The molecular weight excluding hydrogens is 220 g/mol. The molecule has 0 bridgehead atoms. The number of esters is 1. The van der Waals surface area contributed by atoms with E-state index in [0.717, 1.165) is 25.8 Å². The summed E-state index contributed by atoms with van der Waals surface area (Å²) < 4.78 is 6.60. The van der Waals surface area contributed by atoms with Crippen LogP contribution in [0.3, 0.4) is 0 Å². The van der Waals surface area contributed by atoms with Gasteiger partial charge in [-0.25, -0.2) is 9.48 Å². The van der Waals surface area contributed by atoms with E-state index in [4.69, 9.17) is 10.5 Å². The normalized spacial score (nSPS) is 10.5. The number of carbonyl (C=O) groups excluding carboxylic acids is 1. The van der Waals surface area contributed by atoms with Crippen molar-refractivity contribution in [2.75, 3.05) is 6.61 Å². The average molecular weight is 240 g/mol. The van der Waals surface area contributed by atoms with Crippen LogP contribution in [0.15, 0.2) is 0 Å². The molecule has 0 spiro atoms. The lowest BCUT2D eigenvalue weighted by Gasteiger charge is -2.05. The van der Waals surface area contributed by atoms with Crippen LogP contribution in [0, 0.1) is 0 Å². The lowest BCUT2D eigenvalue weighted by molar-refractivity contribution is 0.0518. The molecule has 0 amide bonds. The number of carbonyl (C=O) groups is 1. The zero-order valence-corrected chi connectivity index (χ0v) is 10.5. The number of aryl methyl sites for hydroxylation is 1. The van der Waals surface area contributed by atoms with Crippen molar-refractivity contribution >= 4 is 5.97 Å². The number of hydrogen-bond donors (Lipinski definition) is 1. The summed E-state index contributed by atoms with van der Waals surface area (Å²) in [6.07, 6.45) is 3.27. The molecule has 0 aromatic carbocycles. The second-order valence-electron chi connectivity index (χ2n) is 3.74. The Labute approximate surface area is 101 Å². The van der Waals surface area contributed by atoms with E-state index in [1.54, 1.807) is 11.6 Å². The molecule has 0 aliphatic rings. The van der Waals surface area contributed by atoms with Crippen LogP contribution in [-0.4, -0.2) is 27.6 Å². The Hall–Kier alpha value is -1.43. The summed E-state index contributed by atoms with van der Waals surface area (Å²) in [5.41, 5.74) is 6.52. The van der Waals surface area contributed by atoms with Gasteiger partial charge in [-0.1, -0.05) is 25.0 Å². The van der Waals surface area contributed by atoms with Crippen LogP contribution in [0.4, 0.5) is 0 Å². The first-order valence-electron chi connectivity index (χ1n) is 6.04. The standard InChI is InChI=1S/C11H20N4O2/c1-3-5-6-7-15-9(8-12)10(13-14-15)11(16)17-4-2/h3-8,12H2,1-2H3. The van der Waals surface area contributed by atoms with Crippen LogP contribution >= 0.6 is 0 Å². The third kappa shape index (κ3) is 3.52. The molecule has 1 aromatic rings. The van der Waals surface area contributed by atoms with Gasteiger partial charge in [-0.05, 0) is 13.3 Å². The first kappa shape index (κ1) is 13.6. The number of nitrogens with two attached hydrogens (primary N) is 1. The van der Waals surface area contributed by atoms with Crippen LogP contribution < -0.4 is 5.73 Å². The smallest absolute Gasteiger partial charge is 0.360 e. The molecular formula is C11H20N4O2. The minimum absolute atomic E-state index is 0.242. The van der Waals surface area contributed by atoms with Crippen LogP contribution in [-0.2, 0) is 17.8 Å². The molecule has 1 heterocycles. The lowest BCUT2D eigenvalue weighted by Crippen LogP contribution is -2.14. The highest BCUT2D eigenvalue weighted by Gasteiger charge is 2.19. The second kappa shape index (κ2) is 7.01. The fraction of sp³-hybridized carbons (Fsp3) is 0.727. The van der Waals surface area contributed by atoms with Crippen LogP contribution in [0.5, 0.6) is 0 Å². The van der Waals surface area contributed by atoms with Crippen molar-refractivity contribution in [2.45, 2.75) is 46.2 Å². The van der Waals surface area contributed by atoms with Crippen molar-refractivity contribution in [3.63, 3.8) is 0 Å². The fourth-order valence-electron chi connectivity index (χ4n) is 1.58. The zero-order chi connectivity index (χ0) is 12.7. The molecule has 0 aliphatic heterocycles. The Kier molecular flexibility index (Phi) is 5.62. The Bertz CT molecular complexity index is 362. The van der Waals surface area contributed by atoms with E-state index in [1.165, 1.54) is 0 Å². The van der Waals surface area contributed by atoms with Gasteiger partial charge in [0.25, 0.3) is 0 Å². The van der Waals surface area contributed by atoms with E-state index in [-0.39, 0.29) is 12.2 Å². The van der Waals surface area contributed by atoms with Crippen molar-refractivity contribution in [1.82, 2.24) is 15.0 Å².